The van der Waals surface area contributed by atoms with Crippen LogP contribution in [0.15, 0.2) is 24.3 Å². The number of hydrogen-bond donors (Lipinski definition) is 2. The van der Waals surface area contributed by atoms with E-state index in [9.17, 15) is 9.59 Å². The minimum absolute atomic E-state index is 0.0576. The maximum atomic E-state index is 12.7. The van der Waals surface area contributed by atoms with E-state index in [0.29, 0.717) is 32.1 Å². The number of imidazole rings is 1. The summed E-state index contributed by atoms with van der Waals surface area (Å²) in [7, 11) is 0. The number of urea groups is 1. The number of rotatable bonds is 7. The Balaban J connectivity index is 1.72. The van der Waals surface area contributed by atoms with Gasteiger partial charge in [0.1, 0.15) is 11.9 Å². The molecule has 7 heteroatoms. The van der Waals surface area contributed by atoms with Gasteiger partial charge in [-0.3, -0.25) is 4.79 Å². The van der Waals surface area contributed by atoms with E-state index in [1.54, 1.807) is 4.90 Å². The molecule has 1 aromatic heterocycles. The fraction of sp³-hybridized carbons (Fsp3) is 0.526. The van der Waals surface area contributed by atoms with E-state index in [-0.39, 0.29) is 18.0 Å². The molecular weight excluding hydrogens is 330 g/mol. The standard InChI is InChI=1S/C19H27N5O2/c1-13(2)12-17-22-15-6-4-5-7-16(15)24(17)14(3)18(25)20-8-10-23-11-9-21-19(23)26/h4-7,13-14H,8-12H2,1-3H3,(H,20,25)(H,21,26). The van der Waals surface area contributed by atoms with E-state index in [2.05, 4.69) is 24.5 Å². The summed E-state index contributed by atoms with van der Waals surface area (Å²) in [6.07, 6.45) is 0.820. The van der Waals surface area contributed by atoms with Crippen molar-refractivity contribution in [2.45, 2.75) is 33.2 Å². The summed E-state index contributed by atoms with van der Waals surface area (Å²) in [5, 5.41) is 5.71. The van der Waals surface area contributed by atoms with Crippen LogP contribution < -0.4 is 10.6 Å². The second-order valence-corrected chi connectivity index (χ2v) is 7.17. The fourth-order valence-electron chi connectivity index (χ4n) is 3.34. The highest BCUT2D eigenvalue weighted by atomic mass is 16.2. The molecular formula is C19H27N5O2. The number of hydrogen-bond acceptors (Lipinski definition) is 3. The molecule has 0 radical (unpaired) electrons. The lowest BCUT2D eigenvalue weighted by Crippen LogP contribution is -2.39. The van der Waals surface area contributed by atoms with Crippen LogP contribution in [-0.4, -0.2) is 52.6 Å². The molecule has 1 aliphatic heterocycles. The normalized spacial score (nSPS) is 15.5. The zero-order chi connectivity index (χ0) is 18.7. The molecule has 26 heavy (non-hydrogen) atoms. The highest BCUT2D eigenvalue weighted by Crippen LogP contribution is 2.23. The number of carbonyl (C=O) groups excluding carboxylic acids is 2. The van der Waals surface area contributed by atoms with Crippen LogP contribution in [-0.2, 0) is 11.2 Å². The third kappa shape index (κ3) is 3.81. The van der Waals surface area contributed by atoms with Gasteiger partial charge in [0.25, 0.3) is 0 Å². The van der Waals surface area contributed by atoms with Crippen molar-refractivity contribution < 1.29 is 9.59 Å². The van der Waals surface area contributed by atoms with Gasteiger partial charge in [0.15, 0.2) is 0 Å². The first-order valence-corrected chi connectivity index (χ1v) is 9.23. The maximum Gasteiger partial charge on any atom is 0.317 e. The van der Waals surface area contributed by atoms with Crippen LogP contribution >= 0.6 is 0 Å². The number of carbonyl (C=O) groups is 2. The molecule has 1 saturated heterocycles. The lowest BCUT2D eigenvalue weighted by molar-refractivity contribution is -0.123. The molecule has 1 aliphatic rings. The summed E-state index contributed by atoms with van der Waals surface area (Å²) < 4.78 is 2.03. The monoisotopic (exact) mass is 357 g/mol. The summed E-state index contributed by atoms with van der Waals surface area (Å²) in [5.41, 5.74) is 1.89. The van der Waals surface area contributed by atoms with Crippen LogP contribution in [0.3, 0.4) is 0 Å². The van der Waals surface area contributed by atoms with Gasteiger partial charge < -0.3 is 20.1 Å². The Labute approximate surface area is 153 Å². The van der Waals surface area contributed by atoms with Gasteiger partial charge in [-0.25, -0.2) is 9.78 Å². The molecule has 0 saturated carbocycles. The van der Waals surface area contributed by atoms with Crippen molar-refractivity contribution in [2.24, 2.45) is 5.92 Å². The van der Waals surface area contributed by atoms with Crippen LogP contribution in [0, 0.1) is 5.92 Å². The Hall–Kier alpha value is -2.57. The average molecular weight is 357 g/mol. The molecule has 1 atom stereocenters. The summed E-state index contributed by atoms with van der Waals surface area (Å²) in [4.78, 5) is 30.7. The van der Waals surface area contributed by atoms with Gasteiger partial charge in [-0.2, -0.15) is 0 Å². The van der Waals surface area contributed by atoms with Crippen molar-refractivity contribution >= 4 is 23.0 Å². The molecule has 2 heterocycles. The van der Waals surface area contributed by atoms with Crippen LogP contribution in [0.1, 0.15) is 32.6 Å². The number of nitrogens with zero attached hydrogens (tertiary/aromatic N) is 3. The van der Waals surface area contributed by atoms with Crippen molar-refractivity contribution in [1.82, 2.24) is 25.1 Å². The van der Waals surface area contributed by atoms with E-state index in [4.69, 9.17) is 4.98 Å². The minimum Gasteiger partial charge on any atom is -0.353 e. The lowest BCUT2D eigenvalue weighted by Gasteiger charge is -2.19. The van der Waals surface area contributed by atoms with Crippen LogP contribution in [0.25, 0.3) is 11.0 Å². The minimum atomic E-state index is -0.358. The van der Waals surface area contributed by atoms with Crippen molar-refractivity contribution in [3.8, 4) is 0 Å². The van der Waals surface area contributed by atoms with Crippen LogP contribution in [0.2, 0.25) is 0 Å². The number of aromatic nitrogens is 2. The second kappa shape index (κ2) is 7.76. The molecule has 7 nitrogen and oxygen atoms in total. The van der Waals surface area contributed by atoms with Gasteiger partial charge in [-0.1, -0.05) is 26.0 Å². The number of fused-ring (bicyclic) bond motifs is 1. The number of para-hydroxylation sites is 2. The van der Waals surface area contributed by atoms with Gasteiger partial charge in [0.05, 0.1) is 11.0 Å². The predicted molar refractivity (Wildman–Crippen MR) is 101 cm³/mol. The molecule has 1 aromatic carbocycles. The molecule has 2 aromatic rings. The van der Waals surface area contributed by atoms with Crippen LogP contribution in [0.5, 0.6) is 0 Å². The molecule has 1 unspecified atom stereocenters. The van der Waals surface area contributed by atoms with Crippen molar-refractivity contribution in [1.29, 1.82) is 0 Å². The molecule has 0 bridgehead atoms. The van der Waals surface area contributed by atoms with E-state index >= 15 is 0 Å². The third-order valence-electron chi connectivity index (χ3n) is 4.65. The van der Waals surface area contributed by atoms with E-state index < -0.39 is 0 Å². The summed E-state index contributed by atoms with van der Waals surface area (Å²) in [5.74, 6) is 1.33. The van der Waals surface area contributed by atoms with E-state index in [1.807, 2.05) is 35.8 Å². The van der Waals surface area contributed by atoms with Gasteiger partial charge in [-0.15, -0.1) is 0 Å². The van der Waals surface area contributed by atoms with Crippen molar-refractivity contribution in [3.05, 3.63) is 30.1 Å². The van der Waals surface area contributed by atoms with E-state index in [0.717, 1.165) is 23.3 Å². The first-order valence-electron chi connectivity index (χ1n) is 9.23. The van der Waals surface area contributed by atoms with Gasteiger partial charge in [-0.05, 0) is 25.0 Å². The van der Waals surface area contributed by atoms with Gasteiger partial charge >= 0.3 is 6.03 Å². The van der Waals surface area contributed by atoms with E-state index in [1.165, 1.54) is 0 Å². The average Bonchev–Trinajstić information content (AvgIpc) is 3.16. The molecule has 2 N–H and O–H groups in total. The highest BCUT2D eigenvalue weighted by Gasteiger charge is 2.23. The first-order chi connectivity index (χ1) is 12.5. The zero-order valence-corrected chi connectivity index (χ0v) is 15.7. The quantitative estimate of drug-likeness (QED) is 0.795. The predicted octanol–water partition coefficient (Wildman–Crippen LogP) is 1.94. The summed E-state index contributed by atoms with van der Waals surface area (Å²) >= 11 is 0. The third-order valence-corrected chi connectivity index (χ3v) is 4.65. The smallest absolute Gasteiger partial charge is 0.317 e. The number of nitrogens with one attached hydrogen (secondary N) is 2. The fourth-order valence-corrected chi connectivity index (χ4v) is 3.34. The SMILES string of the molecule is CC(C)Cc1nc2ccccc2n1C(C)C(=O)NCCN1CCNC1=O. The second-order valence-electron chi connectivity index (χ2n) is 7.17. The molecule has 3 amide bonds. The summed E-state index contributed by atoms with van der Waals surface area (Å²) in [6.45, 7) is 8.52. The molecule has 1 fully saturated rings. The Morgan fingerprint density at radius 1 is 1.31 bits per heavy atom. The molecule has 3 rings (SSSR count). The maximum absolute atomic E-state index is 12.7. The Bertz CT molecular complexity index is 798. The first kappa shape index (κ1) is 18.2. The lowest BCUT2D eigenvalue weighted by atomic mass is 10.1. The van der Waals surface area contributed by atoms with Crippen molar-refractivity contribution in [2.75, 3.05) is 26.2 Å². The van der Waals surface area contributed by atoms with Crippen molar-refractivity contribution in [3.63, 3.8) is 0 Å². The largest absolute Gasteiger partial charge is 0.353 e. The summed E-state index contributed by atoms with van der Waals surface area (Å²) in [6, 6.07) is 7.49. The van der Waals surface area contributed by atoms with Crippen LogP contribution in [0.4, 0.5) is 4.79 Å². The number of amides is 3. The molecule has 0 spiro atoms. The Kier molecular flexibility index (Phi) is 5.44. The molecule has 140 valence electrons. The van der Waals surface area contributed by atoms with Gasteiger partial charge in [0, 0.05) is 32.6 Å². The Morgan fingerprint density at radius 2 is 2.08 bits per heavy atom. The topological polar surface area (TPSA) is 79.3 Å². The van der Waals surface area contributed by atoms with Gasteiger partial charge in [0.2, 0.25) is 5.91 Å². The zero-order valence-electron chi connectivity index (χ0n) is 15.7. The molecule has 0 aliphatic carbocycles. The Morgan fingerprint density at radius 3 is 2.77 bits per heavy atom. The highest BCUT2D eigenvalue weighted by molar-refractivity contribution is 5.84. The number of benzene rings is 1.